The molecule has 5 rings (SSSR count). The van der Waals surface area contributed by atoms with E-state index in [1.165, 1.54) is 41.3 Å². The summed E-state index contributed by atoms with van der Waals surface area (Å²) < 4.78 is 38.4. The molecule has 1 aromatic heterocycles. The maximum Gasteiger partial charge on any atom is 0.326 e. The Morgan fingerprint density at radius 2 is 1.74 bits per heavy atom. The molecule has 9 heteroatoms. The van der Waals surface area contributed by atoms with Crippen LogP contribution in [0.4, 0.5) is 19.3 Å². The first-order chi connectivity index (χ1) is 16.9. The highest BCUT2D eigenvalue weighted by Crippen LogP contribution is 2.39. The summed E-state index contributed by atoms with van der Waals surface area (Å²) in [6.45, 7) is 1.72. The van der Waals surface area contributed by atoms with Gasteiger partial charge in [-0.1, -0.05) is 17.3 Å². The van der Waals surface area contributed by atoms with E-state index in [-0.39, 0.29) is 5.89 Å². The summed E-state index contributed by atoms with van der Waals surface area (Å²) in [7, 11) is 1.58. The standard InChI is InChI=1S/C26H20F2N4O3/c1-15-22(25-30-24(31-35-25)16-6-12-21(34-2)13-7-16)23(17-4-3-5-19(28)14-17)29-26(33)32(15)20-10-8-18(27)9-11-20/h3-14,23H,1-2H3,(H,29,33). The van der Waals surface area contributed by atoms with E-state index in [1.54, 1.807) is 50.4 Å². The smallest absolute Gasteiger partial charge is 0.326 e. The molecule has 3 aromatic carbocycles. The topological polar surface area (TPSA) is 80.5 Å². The number of nitrogens with zero attached hydrogens (tertiary/aromatic N) is 3. The number of hydrogen-bond acceptors (Lipinski definition) is 5. The highest BCUT2D eigenvalue weighted by Gasteiger charge is 2.36. The lowest BCUT2D eigenvalue weighted by molar-refractivity contribution is 0.244. The van der Waals surface area contributed by atoms with E-state index in [2.05, 4.69) is 15.5 Å². The minimum atomic E-state index is -0.751. The van der Waals surface area contributed by atoms with Crippen molar-refractivity contribution in [3.05, 3.63) is 102 Å². The monoisotopic (exact) mass is 474 g/mol. The van der Waals surface area contributed by atoms with Crippen LogP contribution in [0.5, 0.6) is 5.75 Å². The molecular weight excluding hydrogens is 454 g/mol. The summed E-state index contributed by atoms with van der Waals surface area (Å²) >= 11 is 0. The average molecular weight is 474 g/mol. The molecule has 2 amide bonds. The van der Waals surface area contributed by atoms with E-state index in [1.807, 2.05) is 0 Å². The minimum absolute atomic E-state index is 0.162. The number of benzene rings is 3. The summed E-state index contributed by atoms with van der Waals surface area (Å²) in [6, 6.07) is 17.4. The van der Waals surface area contributed by atoms with Crippen molar-refractivity contribution in [2.75, 3.05) is 12.0 Å². The Hall–Kier alpha value is -4.53. The van der Waals surface area contributed by atoms with Gasteiger partial charge in [-0.15, -0.1) is 0 Å². The number of anilines is 1. The van der Waals surface area contributed by atoms with Crippen LogP contribution in [0.3, 0.4) is 0 Å². The molecule has 1 unspecified atom stereocenters. The molecular formula is C26H20F2N4O3. The third kappa shape index (κ3) is 4.23. The number of methoxy groups -OCH3 is 1. The number of allylic oxidation sites excluding steroid dienone is 1. The second-order valence-electron chi connectivity index (χ2n) is 7.90. The highest BCUT2D eigenvalue weighted by atomic mass is 19.1. The van der Waals surface area contributed by atoms with Crippen LogP contribution in [0.15, 0.2) is 83.0 Å². The summed E-state index contributed by atoms with van der Waals surface area (Å²) in [6.07, 6.45) is 0. The van der Waals surface area contributed by atoms with E-state index in [9.17, 15) is 13.6 Å². The molecule has 1 atom stereocenters. The van der Waals surface area contributed by atoms with Gasteiger partial charge in [0, 0.05) is 11.3 Å². The number of ether oxygens (including phenoxy) is 1. The first-order valence-corrected chi connectivity index (χ1v) is 10.8. The Labute approximate surface area is 199 Å². The van der Waals surface area contributed by atoms with Crippen molar-refractivity contribution >= 4 is 17.3 Å². The van der Waals surface area contributed by atoms with Crippen molar-refractivity contribution in [1.82, 2.24) is 15.5 Å². The first kappa shape index (κ1) is 22.3. The predicted molar refractivity (Wildman–Crippen MR) is 125 cm³/mol. The Balaban J connectivity index is 1.63. The van der Waals surface area contributed by atoms with Crippen LogP contribution in [0, 0.1) is 11.6 Å². The number of halogens is 2. The molecule has 1 aliphatic heterocycles. The molecule has 0 fully saturated rings. The van der Waals surface area contributed by atoms with Crippen molar-refractivity contribution in [2.45, 2.75) is 13.0 Å². The lowest BCUT2D eigenvalue weighted by Crippen LogP contribution is -2.46. The molecule has 0 spiro atoms. The molecule has 4 aromatic rings. The van der Waals surface area contributed by atoms with Gasteiger partial charge in [0.2, 0.25) is 5.82 Å². The van der Waals surface area contributed by atoms with E-state index in [0.717, 1.165) is 0 Å². The lowest BCUT2D eigenvalue weighted by Gasteiger charge is -2.35. The van der Waals surface area contributed by atoms with E-state index in [4.69, 9.17) is 9.26 Å². The van der Waals surface area contributed by atoms with Gasteiger partial charge in [-0.3, -0.25) is 4.90 Å². The second-order valence-corrected chi connectivity index (χ2v) is 7.90. The number of rotatable bonds is 5. The van der Waals surface area contributed by atoms with Crippen molar-refractivity contribution < 1.29 is 22.8 Å². The minimum Gasteiger partial charge on any atom is -0.497 e. The lowest BCUT2D eigenvalue weighted by atomic mass is 9.94. The third-order valence-corrected chi connectivity index (χ3v) is 5.76. The largest absolute Gasteiger partial charge is 0.497 e. The average Bonchev–Trinajstić information content (AvgIpc) is 3.34. The SMILES string of the molecule is COc1ccc(-c2noc(C3=C(C)N(c4ccc(F)cc4)C(=O)NC3c3cccc(F)c3)n2)cc1. The molecule has 0 saturated heterocycles. The van der Waals surface area contributed by atoms with Gasteiger partial charge in [-0.25, -0.2) is 13.6 Å². The van der Waals surface area contributed by atoms with Crippen molar-refractivity contribution in [2.24, 2.45) is 0 Å². The quantitative estimate of drug-likeness (QED) is 0.400. The number of hydrogen-bond donors (Lipinski definition) is 1. The number of aromatic nitrogens is 2. The van der Waals surface area contributed by atoms with Gasteiger partial charge in [0.15, 0.2) is 0 Å². The van der Waals surface area contributed by atoms with Gasteiger partial charge in [0.1, 0.15) is 17.4 Å². The van der Waals surface area contributed by atoms with Crippen LogP contribution < -0.4 is 15.0 Å². The molecule has 2 heterocycles. The normalized spacial score (nSPS) is 15.8. The predicted octanol–water partition coefficient (Wildman–Crippen LogP) is 5.73. The van der Waals surface area contributed by atoms with Crippen molar-refractivity contribution in [1.29, 1.82) is 0 Å². The van der Waals surface area contributed by atoms with Crippen LogP contribution in [0.1, 0.15) is 24.4 Å². The van der Waals surface area contributed by atoms with Crippen LogP contribution in [-0.2, 0) is 0 Å². The Morgan fingerprint density at radius 3 is 2.43 bits per heavy atom. The third-order valence-electron chi connectivity index (χ3n) is 5.76. The number of carbonyl (C=O) groups excluding carboxylic acids is 1. The Bertz CT molecular complexity index is 1420. The highest BCUT2D eigenvalue weighted by molar-refractivity contribution is 6.01. The molecule has 0 aliphatic carbocycles. The Kier molecular flexibility index (Phi) is 5.74. The molecule has 1 aliphatic rings. The molecule has 35 heavy (non-hydrogen) atoms. The fourth-order valence-corrected chi connectivity index (χ4v) is 4.05. The van der Waals surface area contributed by atoms with Gasteiger partial charge in [-0.05, 0) is 73.2 Å². The molecule has 7 nitrogen and oxygen atoms in total. The van der Waals surface area contributed by atoms with Crippen LogP contribution in [0.2, 0.25) is 0 Å². The zero-order valence-corrected chi connectivity index (χ0v) is 18.8. The maximum absolute atomic E-state index is 14.1. The molecule has 0 bridgehead atoms. The molecule has 1 N–H and O–H groups in total. The summed E-state index contributed by atoms with van der Waals surface area (Å²) in [5.74, 6) is 0.318. The Morgan fingerprint density at radius 1 is 1.00 bits per heavy atom. The van der Waals surface area contributed by atoms with Gasteiger partial charge in [-0.2, -0.15) is 4.98 Å². The van der Waals surface area contributed by atoms with Gasteiger partial charge in [0.25, 0.3) is 5.89 Å². The van der Waals surface area contributed by atoms with Gasteiger partial charge in [0.05, 0.1) is 24.4 Å². The van der Waals surface area contributed by atoms with Crippen LogP contribution in [-0.4, -0.2) is 23.3 Å². The summed E-state index contributed by atoms with van der Waals surface area (Å²) in [5.41, 5.74) is 2.64. The fourth-order valence-electron chi connectivity index (χ4n) is 4.05. The van der Waals surface area contributed by atoms with E-state index < -0.39 is 23.7 Å². The van der Waals surface area contributed by atoms with Crippen LogP contribution in [0.25, 0.3) is 17.0 Å². The van der Waals surface area contributed by atoms with Gasteiger partial charge >= 0.3 is 6.03 Å². The van der Waals surface area contributed by atoms with E-state index in [0.29, 0.717) is 39.7 Å². The zero-order chi connectivity index (χ0) is 24.5. The zero-order valence-electron chi connectivity index (χ0n) is 18.8. The summed E-state index contributed by atoms with van der Waals surface area (Å²) in [5, 5.41) is 7.00. The van der Waals surface area contributed by atoms with Crippen LogP contribution >= 0.6 is 0 Å². The molecule has 176 valence electrons. The van der Waals surface area contributed by atoms with E-state index >= 15 is 0 Å². The van der Waals surface area contributed by atoms with Crippen molar-refractivity contribution in [3.8, 4) is 17.1 Å². The summed E-state index contributed by atoms with van der Waals surface area (Å²) in [4.78, 5) is 19.1. The second kappa shape index (κ2) is 9.02. The number of nitrogens with one attached hydrogen (secondary N) is 1. The number of carbonyl (C=O) groups is 1. The maximum atomic E-state index is 14.1. The first-order valence-electron chi connectivity index (χ1n) is 10.8. The molecule has 0 saturated carbocycles. The number of amides is 2. The molecule has 0 radical (unpaired) electrons. The van der Waals surface area contributed by atoms with Gasteiger partial charge < -0.3 is 14.6 Å². The van der Waals surface area contributed by atoms with Crippen molar-refractivity contribution in [3.63, 3.8) is 0 Å². The number of urea groups is 1. The fraction of sp³-hybridized carbons (Fsp3) is 0.115.